The van der Waals surface area contributed by atoms with Crippen LogP contribution in [0.3, 0.4) is 0 Å². The summed E-state index contributed by atoms with van der Waals surface area (Å²) in [5, 5.41) is 34.8. The van der Waals surface area contributed by atoms with Crippen LogP contribution in [0.1, 0.15) is 32.6 Å². The summed E-state index contributed by atoms with van der Waals surface area (Å²) in [6.07, 6.45) is 1.75. The minimum absolute atomic E-state index is 0.184. The van der Waals surface area contributed by atoms with Gasteiger partial charge in [0.2, 0.25) is 0 Å². The molecule has 0 aromatic heterocycles. The van der Waals surface area contributed by atoms with Crippen LogP contribution in [0.5, 0.6) is 0 Å². The standard InChI is InChI=1S/C15H22N6/c1-15(21(12-4-8-18)13-5-9-19)14-20(10-2-6-16)11-3-7-17/h15H,2-5,10-14H2,1H3. The van der Waals surface area contributed by atoms with E-state index in [4.69, 9.17) is 21.0 Å². The van der Waals surface area contributed by atoms with Crippen molar-refractivity contribution < 1.29 is 0 Å². The SMILES string of the molecule is CC(CN(CCC#N)CCC#N)N(CCC#N)CCC#N. The summed E-state index contributed by atoms with van der Waals surface area (Å²) in [6, 6.07) is 8.68. The first-order chi connectivity index (χ1) is 10.2. The fraction of sp³-hybridized carbons (Fsp3) is 0.733. The summed E-state index contributed by atoms with van der Waals surface area (Å²) in [5.41, 5.74) is 0. The molecule has 0 saturated carbocycles. The number of nitriles is 4. The van der Waals surface area contributed by atoms with Crippen LogP contribution in [0.15, 0.2) is 0 Å². The highest BCUT2D eigenvalue weighted by Crippen LogP contribution is 2.06. The fourth-order valence-corrected chi connectivity index (χ4v) is 2.14. The Hall–Kier alpha value is -2.12. The monoisotopic (exact) mass is 286 g/mol. The molecule has 0 aromatic rings. The zero-order chi connectivity index (χ0) is 15.9. The van der Waals surface area contributed by atoms with E-state index in [9.17, 15) is 0 Å². The molecule has 6 nitrogen and oxygen atoms in total. The summed E-state index contributed by atoms with van der Waals surface area (Å²) < 4.78 is 0. The van der Waals surface area contributed by atoms with E-state index in [1.54, 1.807) is 0 Å². The highest BCUT2D eigenvalue weighted by atomic mass is 15.2. The van der Waals surface area contributed by atoms with Crippen molar-refractivity contribution in [2.24, 2.45) is 0 Å². The van der Waals surface area contributed by atoms with E-state index in [0.717, 1.165) is 6.54 Å². The van der Waals surface area contributed by atoms with E-state index >= 15 is 0 Å². The molecule has 0 fully saturated rings. The van der Waals surface area contributed by atoms with Gasteiger partial charge in [-0.15, -0.1) is 0 Å². The molecule has 1 atom stereocenters. The van der Waals surface area contributed by atoms with Crippen LogP contribution >= 0.6 is 0 Å². The predicted octanol–water partition coefficient (Wildman–Crippen LogP) is 1.63. The Morgan fingerprint density at radius 1 is 0.714 bits per heavy atom. The van der Waals surface area contributed by atoms with Crippen molar-refractivity contribution in [3.63, 3.8) is 0 Å². The van der Waals surface area contributed by atoms with E-state index < -0.39 is 0 Å². The Labute approximate surface area is 127 Å². The summed E-state index contributed by atoms with van der Waals surface area (Å²) in [7, 11) is 0. The van der Waals surface area contributed by atoms with Gasteiger partial charge in [0.05, 0.1) is 24.3 Å². The lowest BCUT2D eigenvalue weighted by molar-refractivity contribution is 0.155. The summed E-state index contributed by atoms with van der Waals surface area (Å²) >= 11 is 0. The second-order valence-corrected chi connectivity index (χ2v) is 4.82. The van der Waals surface area contributed by atoms with E-state index in [-0.39, 0.29) is 6.04 Å². The maximum absolute atomic E-state index is 8.71. The Balaban J connectivity index is 4.52. The van der Waals surface area contributed by atoms with Crippen molar-refractivity contribution in [3.8, 4) is 24.3 Å². The zero-order valence-electron chi connectivity index (χ0n) is 12.6. The second-order valence-electron chi connectivity index (χ2n) is 4.82. The summed E-state index contributed by atoms with van der Waals surface area (Å²) in [6.45, 7) is 5.37. The van der Waals surface area contributed by atoms with Crippen LogP contribution in [0, 0.1) is 45.3 Å². The third-order valence-electron chi connectivity index (χ3n) is 3.25. The lowest BCUT2D eigenvalue weighted by Gasteiger charge is -2.32. The first-order valence-corrected chi connectivity index (χ1v) is 7.13. The van der Waals surface area contributed by atoms with Gasteiger partial charge in [0.15, 0.2) is 0 Å². The highest BCUT2D eigenvalue weighted by Gasteiger charge is 2.16. The number of rotatable bonds is 11. The van der Waals surface area contributed by atoms with Crippen LogP contribution < -0.4 is 0 Å². The van der Waals surface area contributed by atoms with Gasteiger partial charge in [0, 0.05) is 64.4 Å². The normalized spacial score (nSPS) is 11.4. The quantitative estimate of drug-likeness (QED) is 0.572. The summed E-state index contributed by atoms with van der Waals surface area (Å²) in [4.78, 5) is 4.22. The van der Waals surface area contributed by atoms with Crippen molar-refractivity contribution in [1.82, 2.24) is 9.80 Å². The molecule has 0 aliphatic carbocycles. The first kappa shape index (κ1) is 18.9. The average molecular weight is 286 g/mol. The molecule has 0 radical (unpaired) electrons. The van der Waals surface area contributed by atoms with E-state index in [0.29, 0.717) is 51.9 Å². The number of hydrogen-bond acceptors (Lipinski definition) is 6. The highest BCUT2D eigenvalue weighted by molar-refractivity contribution is 4.83. The van der Waals surface area contributed by atoms with Gasteiger partial charge in [-0.3, -0.25) is 9.80 Å². The summed E-state index contributed by atoms with van der Waals surface area (Å²) in [5.74, 6) is 0. The largest absolute Gasteiger partial charge is 0.300 e. The van der Waals surface area contributed by atoms with Crippen molar-refractivity contribution in [3.05, 3.63) is 0 Å². The smallest absolute Gasteiger partial charge is 0.0635 e. The maximum atomic E-state index is 8.71. The Kier molecular flexibility index (Phi) is 11.6. The maximum Gasteiger partial charge on any atom is 0.0635 e. The fourth-order valence-electron chi connectivity index (χ4n) is 2.14. The van der Waals surface area contributed by atoms with E-state index in [2.05, 4.69) is 41.0 Å². The van der Waals surface area contributed by atoms with Crippen molar-refractivity contribution in [1.29, 1.82) is 21.0 Å². The van der Waals surface area contributed by atoms with Gasteiger partial charge in [-0.25, -0.2) is 0 Å². The van der Waals surface area contributed by atoms with Gasteiger partial charge in [-0.2, -0.15) is 21.0 Å². The third-order valence-corrected chi connectivity index (χ3v) is 3.25. The molecule has 0 aliphatic heterocycles. The molecule has 1 unspecified atom stereocenters. The third kappa shape index (κ3) is 9.42. The van der Waals surface area contributed by atoms with Gasteiger partial charge >= 0.3 is 0 Å². The Bertz CT molecular complexity index is 397. The number of nitrogens with zero attached hydrogens (tertiary/aromatic N) is 6. The molecule has 0 spiro atoms. The topological polar surface area (TPSA) is 102 Å². The zero-order valence-corrected chi connectivity index (χ0v) is 12.6. The minimum Gasteiger partial charge on any atom is -0.300 e. The van der Waals surface area contributed by atoms with Crippen LogP contribution in [0.2, 0.25) is 0 Å². The molecule has 0 rings (SSSR count). The Morgan fingerprint density at radius 2 is 1.10 bits per heavy atom. The van der Waals surface area contributed by atoms with Crippen molar-refractivity contribution in [2.75, 3.05) is 32.7 Å². The van der Waals surface area contributed by atoms with Crippen LogP contribution in [0.4, 0.5) is 0 Å². The van der Waals surface area contributed by atoms with Gasteiger partial charge in [-0.1, -0.05) is 0 Å². The second kappa shape index (κ2) is 12.9. The first-order valence-electron chi connectivity index (χ1n) is 7.13. The van der Waals surface area contributed by atoms with Crippen molar-refractivity contribution in [2.45, 2.75) is 38.6 Å². The molecular formula is C15H22N6. The molecule has 21 heavy (non-hydrogen) atoms. The van der Waals surface area contributed by atoms with Gasteiger partial charge in [-0.05, 0) is 6.92 Å². The predicted molar refractivity (Wildman–Crippen MR) is 78.4 cm³/mol. The lowest BCUT2D eigenvalue weighted by atomic mass is 10.2. The van der Waals surface area contributed by atoms with E-state index in [1.807, 2.05) is 0 Å². The van der Waals surface area contributed by atoms with Crippen LogP contribution in [-0.4, -0.2) is 48.6 Å². The lowest BCUT2D eigenvalue weighted by Crippen LogP contribution is -2.43. The van der Waals surface area contributed by atoms with E-state index in [1.165, 1.54) is 0 Å². The molecule has 6 heteroatoms. The van der Waals surface area contributed by atoms with Gasteiger partial charge < -0.3 is 0 Å². The molecule has 0 aromatic carbocycles. The molecule has 0 aliphatic rings. The minimum atomic E-state index is 0.184. The molecule has 0 heterocycles. The average Bonchev–Trinajstić information content (AvgIpc) is 2.49. The van der Waals surface area contributed by atoms with Crippen LogP contribution in [0.25, 0.3) is 0 Å². The molecule has 0 bridgehead atoms. The Morgan fingerprint density at radius 3 is 1.48 bits per heavy atom. The molecule has 112 valence electrons. The van der Waals surface area contributed by atoms with Crippen LogP contribution in [-0.2, 0) is 0 Å². The van der Waals surface area contributed by atoms with Crippen molar-refractivity contribution >= 4 is 0 Å². The number of hydrogen-bond donors (Lipinski definition) is 0. The van der Waals surface area contributed by atoms with Gasteiger partial charge in [0.25, 0.3) is 0 Å². The molecule has 0 saturated heterocycles. The molecule has 0 N–H and O–H groups in total. The molecule has 0 amide bonds. The molecular weight excluding hydrogens is 264 g/mol. The van der Waals surface area contributed by atoms with Gasteiger partial charge in [0.1, 0.15) is 0 Å².